The van der Waals surface area contributed by atoms with Crippen LogP contribution in [0.25, 0.3) is 21.6 Å². The molecule has 4 heterocycles. The monoisotopic (exact) mass is 410 g/mol. The SMILES string of the molecule is CC(C)n1ncnc1CNc1nc(-c2ccsc2)nc2sc3c(c12)CCCC3. The Labute approximate surface area is 171 Å². The predicted octanol–water partition coefficient (Wildman–Crippen LogP) is 5.08. The number of hydrogen-bond acceptors (Lipinski definition) is 7. The molecule has 0 atom stereocenters. The van der Waals surface area contributed by atoms with E-state index in [4.69, 9.17) is 9.97 Å². The van der Waals surface area contributed by atoms with Crippen molar-refractivity contribution in [1.29, 1.82) is 0 Å². The summed E-state index contributed by atoms with van der Waals surface area (Å²) in [6.45, 7) is 4.83. The zero-order valence-corrected chi connectivity index (χ0v) is 17.6. The zero-order chi connectivity index (χ0) is 19.1. The number of nitrogens with zero attached hydrogens (tertiary/aromatic N) is 5. The topological polar surface area (TPSA) is 68.5 Å². The molecule has 8 heteroatoms. The van der Waals surface area contributed by atoms with Crippen molar-refractivity contribution in [3.8, 4) is 11.4 Å². The number of rotatable bonds is 5. The molecule has 0 spiro atoms. The third-order valence-corrected chi connectivity index (χ3v) is 7.01. The van der Waals surface area contributed by atoms with Gasteiger partial charge in [0.15, 0.2) is 5.82 Å². The van der Waals surface area contributed by atoms with Gasteiger partial charge in [-0.25, -0.2) is 19.6 Å². The summed E-state index contributed by atoms with van der Waals surface area (Å²) in [5.74, 6) is 2.63. The minimum Gasteiger partial charge on any atom is -0.362 e. The average molecular weight is 411 g/mol. The average Bonchev–Trinajstić information content (AvgIpc) is 3.44. The molecule has 28 heavy (non-hydrogen) atoms. The summed E-state index contributed by atoms with van der Waals surface area (Å²) in [6, 6.07) is 2.36. The van der Waals surface area contributed by atoms with E-state index in [0.29, 0.717) is 6.54 Å². The van der Waals surface area contributed by atoms with Crippen LogP contribution in [0.5, 0.6) is 0 Å². The van der Waals surface area contributed by atoms with Crippen molar-refractivity contribution in [1.82, 2.24) is 24.7 Å². The minimum atomic E-state index is 0.278. The molecule has 0 unspecified atom stereocenters. The van der Waals surface area contributed by atoms with Gasteiger partial charge in [-0.2, -0.15) is 16.4 Å². The number of hydrogen-bond donors (Lipinski definition) is 1. The van der Waals surface area contributed by atoms with E-state index in [1.807, 2.05) is 16.0 Å². The van der Waals surface area contributed by atoms with Crippen LogP contribution >= 0.6 is 22.7 Å². The molecule has 4 aromatic heterocycles. The first-order chi connectivity index (χ1) is 13.7. The molecule has 1 aliphatic carbocycles. The van der Waals surface area contributed by atoms with Gasteiger partial charge in [0.2, 0.25) is 0 Å². The Morgan fingerprint density at radius 1 is 1.21 bits per heavy atom. The van der Waals surface area contributed by atoms with Crippen LogP contribution in [0.4, 0.5) is 5.82 Å². The largest absolute Gasteiger partial charge is 0.362 e. The third-order valence-electron chi connectivity index (χ3n) is 5.14. The quantitative estimate of drug-likeness (QED) is 0.497. The van der Waals surface area contributed by atoms with Crippen LogP contribution in [0.2, 0.25) is 0 Å². The maximum atomic E-state index is 4.93. The van der Waals surface area contributed by atoms with E-state index in [1.54, 1.807) is 17.7 Å². The van der Waals surface area contributed by atoms with E-state index in [0.717, 1.165) is 40.7 Å². The second-order valence-corrected chi connectivity index (χ2v) is 9.23. The molecule has 0 fully saturated rings. The molecule has 0 aliphatic heterocycles. The van der Waals surface area contributed by atoms with Crippen LogP contribution < -0.4 is 5.32 Å². The van der Waals surface area contributed by atoms with E-state index in [1.165, 1.54) is 28.7 Å². The van der Waals surface area contributed by atoms with Crippen molar-refractivity contribution < 1.29 is 0 Å². The Bertz CT molecular complexity index is 1110. The first-order valence-electron chi connectivity index (χ1n) is 9.68. The highest BCUT2D eigenvalue weighted by molar-refractivity contribution is 7.19. The van der Waals surface area contributed by atoms with Crippen LogP contribution in [0.3, 0.4) is 0 Å². The molecular weight excluding hydrogens is 388 g/mol. The van der Waals surface area contributed by atoms with Crippen LogP contribution in [0.1, 0.15) is 49.0 Å². The number of fused-ring (bicyclic) bond motifs is 3. The van der Waals surface area contributed by atoms with Crippen LogP contribution in [-0.4, -0.2) is 24.7 Å². The molecular formula is C20H22N6S2. The normalized spacial score (nSPS) is 14.0. The third kappa shape index (κ3) is 3.10. The predicted molar refractivity (Wildman–Crippen MR) is 115 cm³/mol. The molecule has 0 radical (unpaired) electrons. The first kappa shape index (κ1) is 17.8. The fraction of sp³-hybridized carbons (Fsp3) is 0.400. The number of nitrogens with one attached hydrogen (secondary N) is 1. The summed E-state index contributed by atoms with van der Waals surface area (Å²) in [4.78, 5) is 16.8. The highest BCUT2D eigenvalue weighted by atomic mass is 32.1. The van der Waals surface area contributed by atoms with E-state index in [-0.39, 0.29) is 6.04 Å². The summed E-state index contributed by atoms with van der Waals surface area (Å²) < 4.78 is 1.95. The second kappa shape index (κ2) is 7.25. The van der Waals surface area contributed by atoms with Gasteiger partial charge in [0.1, 0.15) is 22.8 Å². The van der Waals surface area contributed by atoms with Crippen molar-refractivity contribution in [2.24, 2.45) is 0 Å². The van der Waals surface area contributed by atoms with E-state index < -0.39 is 0 Å². The highest BCUT2D eigenvalue weighted by Gasteiger charge is 2.22. The van der Waals surface area contributed by atoms with E-state index >= 15 is 0 Å². The lowest BCUT2D eigenvalue weighted by atomic mass is 9.97. The van der Waals surface area contributed by atoms with Crippen molar-refractivity contribution >= 4 is 38.7 Å². The molecule has 1 aliphatic rings. The molecule has 1 N–H and O–H groups in total. The van der Waals surface area contributed by atoms with Crippen molar-refractivity contribution in [3.63, 3.8) is 0 Å². The second-order valence-electron chi connectivity index (χ2n) is 7.37. The Morgan fingerprint density at radius 3 is 2.93 bits per heavy atom. The summed E-state index contributed by atoms with van der Waals surface area (Å²) in [5, 5.41) is 13.3. The van der Waals surface area contributed by atoms with Gasteiger partial charge in [-0.1, -0.05) is 0 Å². The lowest BCUT2D eigenvalue weighted by Crippen LogP contribution is -2.13. The first-order valence-corrected chi connectivity index (χ1v) is 11.4. The Balaban J connectivity index is 1.59. The maximum absolute atomic E-state index is 4.93. The summed E-state index contributed by atoms with van der Waals surface area (Å²) in [5.41, 5.74) is 2.52. The molecule has 0 amide bonds. The summed E-state index contributed by atoms with van der Waals surface area (Å²) >= 11 is 3.51. The van der Waals surface area contributed by atoms with Crippen LogP contribution in [0.15, 0.2) is 23.2 Å². The Hall–Kier alpha value is -2.32. The smallest absolute Gasteiger partial charge is 0.163 e. The van der Waals surface area contributed by atoms with Gasteiger partial charge >= 0.3 is 0 Å². The zero-order valence-electron chi connectivity index (χ0n) is 16.0. The minimum absolute atomic E-state index is 0.278. The molecule has 5 rings (SSSR count). The Kier molecular flexibility index (Phi) is 4.60. The fourth-order valence-electron chi connectivity index (χ4n) is 3.80. The van der Waals surface area contributed by atoms with Crippen molar-refractivity contribution in [2.45, 2.75) is 52.1 Å². The molecule has 0 aromatic carbocycles. The number of aromatic nitrogens is 5. The summed E-state index contributed by atoms with van der Waals surface area (Å²) in [6.07, 6.45) is 6.41. The molecule has 0 bridgehead atoms. The van der Waals surface area contributed by atoms with Gasteiger partial charge < -0.3 is 5.32 Å². The van der Waals surface area contributed by atoms with Gasteiger partial charge in [0.25, 0.3) is 0 Å². The van der Waals surface area contributed by atoms with Gasteiger partial charge in [0.05, 0.1) is 11.9 Å². The van der Waals surface area contributed by atoms with Crippen LogP contribution in [-0.2, 0) is 19.4 Å². The fourth-order valence-corrected chi connectivity index (χ4v) is 5.70. The number of anilines is 1. The number of thiophene rings is 2. The van der Waals surface area contributed by atoms with E-state index in [2.05, 4.69) is 46.1 Å². The Morgan fingerprint density at radius 2 is 2.11 bits per heavy atom. The van der Waals surface area contributed by atoms with Crippen LogP contribution in [0, 0.1) is 0 Å². The maximum Gasteiger partial charge on any atom is 0.163 e. The molecule has 4 aromatic rings. The van der Waals surface area contributed by atoms with E-state index in [9.17, 15) is 0 Å². The molecule has 0 saturated heterocycles. The van der Waals surface area contributed by atoms with Gasteiger partial charge in [-0.05, 0) is 56.5 Å². The molecule has 6 nitrogen and oxygen atoms in total. The molecule has 144 valence electrons. The van der Waals surface area contributed by atoms with Gasteiger partial charge in [-0.3, -0.25) is 0 Å². The van der Waals surface area contributed by atoms with Gasteiger partial charge in [-0.15, -0.1) is 11.3 Å². The standard InChI is InChI=1S/C20H22N6S2/c1-12(2)26-16(22-11-23-26)9-21-19-17-14-5-3-4-6-15(14)28-20(17)25-18(24-19)13-7-8-27-10-13/h7-8,10-12H,3-6,9H2,1-2H3,(H,21,24,25). The molecule has 0 saturated carbocycles. The lowest BCUT2D eigenvalue weighted by molar-refractivity contribution is 0.509. The van der Waals surface area contributed by atoms with Crippen molar-refractivity contribution in [3.05, 3.63) is 39.4 Å². The highest BCUT2D eigenvalue weighted by Crippen LogP contribution is 2.39. The number of aryl methyl sites for hydroxylation is 2. The summed E-state index contributed by atoms with van der Waals surface area (Å²) in [7, 11) is 0. The van der Waals surface area contributed by atoms with Gasteiger partial charge in [0, 0.05) is 21.9 Å². The lowest BCUT2D eigenvalue weighted by Gasteiger charge is -2.14. The van der Waals surface area contributed by atoms with Crippen molar-refractivity contribution in [2.75, 3.05) is 5.32 Å².